The van der Waals surface area contributed by atoms with Crippen molar-refractivity contribution < 1.29 is 0 Å². The van der Waals surface area contributed by atoms with Crippen LogP contribution in [0.3, 0.4) is 0 Å². The topological polar surface area (TPSA) is 3.24 Å². The molecule has 0 N–H and O–H groups in total. The molecule has 0 saturated carbocycles. The first-order valence-electron chi connectivity index (χ1n) is 10.3. The van der Waals surface area contributed by atoms with Crippen LogP contribution in [-0.2, 0) is 6.42 Å². The molecule has 0 unspecified atom stereocenters. The molecule has 1 heteroatoms. The van der Waals surface area contributed by atoms with Gasteiger partial charge in [-0.05, 0) is 92.4 Å². The van der Waals surface area contributed by atoms with Gasteiger partial charge >= 0.3 is 0 Å². The number of piperidine rings is 1. The molecule has 2 rings (SSSR count). The van der Waals surface area contributed by atoms with Gasteiger partial charge in [-0.25, -0.2) is 0 Å². The summed E-state index contributed by atoms with van der Waals surface area (Å²) >= 11 is 0. The molecular formula is C25H37N. The molecule has 1 heterocycles. The summed E-state index contributed by atoms with van der Waals surface area (Å²) in [4.78, 5) is 2.59. The van der Waals surface area contributed by atoms with Gasteiger partial charge in [-0.15, -0.1) is 0 Å². The molecule has 0 aliphatic carbocycles. The number of likely N-dealkylation sites (tertiary alicyclic amines) is 1. The third-order valence-electron chi connectivity index (χ3n) is 5.69. The zero-order valence-electron chi connectivity index (χ0n) is 17.6. The summed E-state index contributed by atoms with van der Waals surface area (Å²) in [7, 11) is 0. The fourth-order valence-corrected chi connectivity index (χ4v) is 3.79. The van der Waals surface area contributed by atoms with Crippen molar-refractivity contribution >= 4 is 5.57 Å². The third-order valence-corrected chi connectivity index (χ3v) is 5.69. The van der Waals surface area contributed by atoms with E-state index in [0.717, 1.165) is 24.5 Å². The molecule has 0 spiro atoms. The van der Waals surface area contributed by atoms with E-state index in [1.54, 1.807) is 0 Å². The third kappa shape index (κ3) is 5.71. The van der Waals surface area contributed by atoms with Crippen molar-refractivity contribution in [2.45, 2.75) is 60.3 Å². The zero-order valence-corrected chi connectivity index (χ0v) is 17.6. The summed E-state index contributed by atoms with van der Waals surface area (Å²) in [6.45, 7) is 19.0. The van der Waals surface area contributed by atoms with Gasteiger partial charge in [-0.2, -0.15) is 0 Å². The normalized spacial score (nSPS) is 17.2. The first-order chi connectivity index (χ1) is 12.4. The van der Waals surface area contributed by atoms with Crippen LogP contribution in [0.2, 0.25) is 0 Å². The minimum absolute atomic E-state index is 0.878. The summed E-state index contributed by atoms with van der Waals surface area (Å²) in [6.07, 6.45) is 11.7. The first kappa shape index (κ1) is 20.7. The van der Waals surface area contributed by atoms with Gasteiger partial charge in [-0.3, -0.25) is 4.90 Å². The van der Waals surface area contributed by atoms with Gasteiger partial charge in [0.15, 0.2) is 0 Å². The monoisotopic (exact) mass is 351 g/mol. The molecule has 1 nitrogen and oxygen atoms in total. The number of benzene rings is 1. The van der Waals surface area contributed by atoms with Gasteiger partial charge in [0.2, 0.25) is 0 Å². The fraction of sp³-hybridized carbons (Fsp3) is 0.520. The minimum atomic E-state index is 0.878. The van der Waals surface area contributed by atoms with Crippen LogP contribution in [0.15, 0.2) is 42.5 Å². The summed E-state index contributed by atoms with van der Waals surface area (Å²) in [5, 5.41) is 0. The molecule has 0 amide bonds. The number of allylic oxidation sites excluding steroid dienone is 3. The predicted octanol–water partition coefficient (Wildman–Crippen LogP) is 6.50. The minimum Gasteiger partial charge on any atom is -0.299 e. The summed E-state index contributed by atoms with van der Waals surface area (Å²) in [6, 6.07) is 4.64. The molecule has 1 aromatic carbocycles. The average molecular weight is 352 g/mol. The smallest absolute Gasteiger partial charge is 0.0233 e. The molecule has 142 valence electrons. The summed E-state index contributed by atoms with van der Waals surface area (Å²) in [5.41, 5.74) is 8.04. The molecule has 0 radical (unpaired) electrons. The highest BCUT2D eigenvalue weighted by molar-refractivity contribution is 5.74. The average Bonchev–Trinajstić information content (AvgIpc) is 2.61. The SMILES string of the molecule is C=C(/C=C(\C=C/C)CN1CCC(C)CC1)c1cc(C)c(C)c(CCC)c1. The Bertz CT molecular complexity index is 670. The standard InChI is InChI=1S/C25H37N/c1-7-9-23(18-26-13-11-19(3)12-14-26)15-21(5)25-16-20(4)22(6)24(17-25)10-8-2/h7,9,15-17,19H,5,8,10-14,18H2,1-4,6H3/b9-7-,23-15+. The molecule has 1 fully saturated rings. The van der Waals surface area contributed by atoms with Gasteiger partial charge < -0.3 is 0 Å². The number of nitrogens with zero attached hydrogens (tertiary/aromatic N) is 1. The first-order valence-corrected chi connectivity index (χ1v) is 10.3. The van der Waals surface area contributed by atoms with Crippen molar-refractivity contribution in [2.24, 2.45) is 5.92 Å². The quantitative estimate of drug-likeness (QED) is 0.507. The molecule has 1 aromatic rings. The Kier molecular flexibility index (Phi) is 7.90. The molecule has 1 saturated heterocycles. The van der Waals surface area contributed by atoms with E-state index in [9.17, 15) is 0 Å². The van der Waals surface area contributed by atoms with Crippen LogP contribution in [0.4, 0.5) is 0 Å². The fourth-order valence-electron chi connectivity index (χ4n) is 3.79. The van der Waals surface area contributed by atoms with Crippen molar-refractivity contribution in [1.82, 2.24) is 4.90 Å². The number of hydrogen-bond donors (Lipinski definition) is 0. The van der Waals surface area contributed by atoms with Gasteiger partial charge in [-0.1, -0.05) is 57.2 Å². The van der Waals surface area contributed by atoms with Crippen molar-refractivity contribution in [3.63, 3.8) is 0 Å². The highest BCUT2D eigenvalue weighted by Crippen LogP contribution is 2.25. The van der Waals surface area contributed by atoms with Crippen LogP contribution >= 0.6 is 0 Å². The van der Waals surface area contributed by atoms with Gasteiger partial charge in [0.1, 0.15) is 0 Å². The molecule has 1 aliphatic rings. The second-order valence-corrected chi connectivity index (χ2v) is 8.03. The van der Waals surface area contributed by atoms with Gasteiger partial charge in [0.25, 0.3) is 0 Å². The predicted molar refractivity (Wildman–Crippen MR) is 117 cm³/mol. The Balaban J connectivity index is 2.19. The lowest BCUT2D eigenvalue weighted by Gasteiger charge is -2.30. The van der Waals surface area contributed by atoms with E-state index >= 15 is 0 Å². The Labute approximate surface area is 161 Å². The lowest BCUT2D eigenvalue weighted by atomic mass is 9.93. The van der Waals surface area contributed by atoms with E-state index in [-0.39, 0.29) is 0 Å². The van der Waals surface area contributed by atoms with Crippen molar-refractivity contribution in [1.29, 1.82) is 0 Å². The van der Waals surface area contributed by atoms with Crippen LogP contribution < -0.4 is 0 Å². The van der Waals surface area contributed by atoms with Crippen molar-refractivity contribution in [3.05, 3.63) is 64.8 Å². The van der Waals surface area contributed by atoms with Gasteiger partial charge in [0, 0.05) is 6.54 Å². The molecular weight excluding hydrogens is 314 g/mol. The van der Waals surface area contributed by atoms with E-state index in [4.69, 9.17) is 0 Å². The summed E-state index contributed by atoms with van der Waals surface area (Å²) < 4.78 is 0. The Morgan fingerprint density at radius 3 is 2.54 bits per heavy atom. The van der Waals surface area contributed by atoms with Crippen LogP contribution in [0.25, 0.3) is 5.57 Å². The molecule has 26 heavy (non-hydrogen) atoms. The molecule has 0 aromatic heterocycles. The lowest BCUT2D eigenvalue weighted by molar-refractivity contribution is 0.207. The highest BCUT2D eigenvalue weighted by Gasteiger charge is 2.16. The van der Waals surface area contributed by atoms with Crippen LogP contribution in [0, 0.1) is 19.8 Å². The highest BCUT2D eigenvalue weighted by atomic mass is 15.1. The van der Waals surface area contributed by atoms with E-state index < -0.39 is 0 Å². The van der Waals surface area contributed by atoms with Gasteiger partial charge in [0.05, 0.1) is 0 Å². The number of rotatable bonds is 7. The zero-order chi connectivity index (χ0) is 19.1. The maximum absolute atomic E-state index is 4.40. The van der Waals surface area contributed by atoms with Crippen LogP contribution in [0.1, 0.15) is 62.3 Å². The second-order valence-electron chi connectivity index (χ2n) is 8.03. The van der Waals surface area contributed by atoms with Crippen LogP contribution in [-0.4, -0.2) is 24.5 Å². The van der Waals surface area contributed by atoms with Crippen molar-refractivity contribution in [2.75, 3.05) is 19.6 Å². The van der Waals surface area contributed by atoms with Crippen LogP contribution in [0.5, 0.6) is 0 Å². The Morgan fingerprint density at radius 1 is 1.23 bits per heavy atom. The van der Waals surface area contributed by atoms with E-state index in [1.165, 1.54) is 60.2 Å². The lowest BCUT2D eigenvalue weighted by Crippen LogP contribution is -2.34. The second kappa shape index (κ2) is 9.92. The summed E-state index contributed by atoms with van der Waals surface area (Å²) in [5.74, 6) is 0.878. The maximum atomic E-state index is 4.40. The largest absolute Gasteiger partial charge is 0.299 e. The van der Waals surface area contributed by atoms with E-state index in [0.29, 0.717) is 0 Å². The molecule has 1 aliphatic heterocycles. The molecule has 0 atom stereocenters. The number of hydrogen-bond acceptors (Lipinski definition) is 1. The van der Waals surface area contributed by atoms with E-state index in [1.807, 2.05) is 0 Å². The number of aryl methyl sites for hydroxylation is 2. The van der Waals surface area contributed by atoms with Crippen molar-refractivity contribution in [3.8, 4) is 0 Å². The Hall–Kier alpha value is -1.60. The van der Waals surface area contributed by atoms with E-state index in [2.05, 4.69) is 76.5 Å². The Morgan fingerprint density at radius 2 is 1.92 bits per heavy atom. The maximum Gasteiger partial charge on any atom is 0.0233 e. The molecule has 0 bridgehead atoms.